The summed E-state index contributed by atoms with van der Waals surface area (Å²) < 4.78 is 12.3. The van der Waals surface area contributed by atoms with Crippen molar-refractivity contribution in [2.45, 2.75) is 13.0 Å². The van der Waals surface area contributed by atoms with Crippen LogP contribution >= 0.6 is 15.9 Å². The van der Waals surface area contributed by atoms with Gasteiger partial charge in [-0.15, -0.1) is 0 Å². The zero-order valence-corrected chi connectivity index (χ0v) is 13.3. The highest BCUT2D eigenvalue weighted by Crippen LogP contribution is 2.35. The Morgan fingerprint density at radius 1 is 1.14 bits per heavy atom. The Morgan fingerprint density at radius 2 is 1.90 bits per heavy atom. The van der Waals surface area contributed by atoms with Crippen molar-refractivity contribution in [2.75, 3.05) is 13.2 Å². The number of benzene rings is 2. The van der Waals surface area contributed by atoms with Gasteiger partial charge in [-0.2, -0.15) is 0 Å². The lowest BCUT2D eigenvalue weighted by molar-refractivity contribution is 0.171. The molecule has 0 saturated heterocycles. The van der Waals surface area contributed by atoms with Crippen LogP contribution in [-0.2, 0) is 0 Å². The number of ether oxygens (including phenoxy) is 2. The molecule has 2 aromatic carbocycles. The maximum Gasteiger partial charge on any atom is 0.161 e. The summed E-state index contributed by atoms with van der Waals surface area (Å²) in [6.45, 7) is 3.24. The highest BCUT2D eigenvalue weighted by molar-refractivity contribution is 9.10. The minimum atomic E-state index is -0.0988. The van der Waals surface area contributed by atoms with E-state index in [2.05, 4.69) is 34.3 Å². The van der Waals surface area contributed by atoms with Crippen LogP contribution in [0.1, 0.15) is 22.7 Å². The van der Waals surface area contributed by atoms with Crippen molar-refractivity contribution in [1.82, 2.24) is 5.43 Å². The average Bonchev–Trinajstić information content (AvgIpc) is 2.52. The van der Waals surface area contributed by atoms with Crippen LogP contribution in [-0.4, -0.2) is 13.2 Å². The molecule has 4 nitrogen and oxygen atoms in total. The fourth-order valence-electron chi connectivity index (χ4n) is 2.54. The van der Waals surface area contributed by atoms with Crippen LogP contribution in [0.4, 0.5) is 0 Å². The van der Waals surface area contributed by atoms with E-state index in [1.54, 1.807) is 0 Å². The first-order valence-electron chi connectivity index (χ1n) is 6.81. The lowest BCUT2D eigenvalue weighted by Crippen LogP contribution is -2.29. The van der Waals surface area contributed by atoms with Crippen LogP contribution in [0.5, 0.6) is 11.5 Å². The molecule has 2 aromatic rings. The van der Waals surface area contributed by atoms with Gasteiger partial charge in [0.15, 0.2) is 11.5 Å². The van der Waals surface area contributed by atoms with Gasteiger partial charge >= 0.3 is 0 Å². The van der Waals surface area contributed by atoms with E-state index < -0.39 is 0 Å². The van der Waals surface area contributed by atoms with E-state index in [4.69, 9.17) is 15.3 Å². The normalized spacial score (nSPS) is 14.8. The maximum atomic E-state index is 5.79. The van der Waals surface area contributed by atoms with Crippen LogP contribution in [0.2, 0.25) is 0 Å². The average molecular weight is 349 g/mol. The second-order valence-corrected chi connectivity index (χ2v) is 5.81. The lowest BCUT2D eigenvalue weighted by Gasteiger charge is -2.23. The fourth-order valence-corrected chi connectivity index (χ4v) is 2.92. The van der Waals surface area contributed by atoms with Crippen LogP contribution in [0.3, 0.4) is 0 Å². The highest BCUT2D eigenvalue weighted by Gasteiger charge is 2.19. The van der Waals surface area contributed by atoms with Crippen molar-refractivity contribution in [3.05, 3.63) is 57.6 Å². The largest absolute Gasteiger partial charge is 0.486 e. The number of fused-ring (bicyclic) bond motifs is 1. The molecule has 1 aliphatic rings. The third kappa shape index (κ3) is 2.77. The van der Waals surface area contributed by atoms with Crippen molar-refractivity contribution >= 4 is 15.9 Å². The van der Waals surface area contributed by atoms with E-state index in [0.717, 1.165) is 32.7 Å². The smallest absolute Gasteiger partial charge is 0.161 e. The van der Waals surface area contributed by atoms with Crippen LogP contribution < -0.4 is 20.7 Å². The van der Waals surface area contributed by atoms with E-state index >= 15 is 0 Å². The van der Waals surface area contributed by atoms with E-state index in [-0.39, 0.29) is 6.04 Å². The molecule has 0 fully saturated rings. The van der Waals surface area contributed by atoms with Crippen LogP contribution in [0, 0.1) is 6.92 Å². The predicted molar refractivity (Wildman–Crippen MR) is 85.5 cm³/mol. The number of halogens is 1. The molecule has 21 heavy (non-hydrogen) atoms. The first-order valence-corrected chi connectivity index (χ1v) is 7.60. The molecule has 0 spiro atoms. The molecule has 0 aromatic heterocycles. The van der Waals surface area contributed by atoms with Crippen molar-refractivity contribution < 1.29 is 9.47 Å². The molecule has 0 amide bonds. The van der Waals surface area contributed by atoms with Gasteiger partial charge in [-0.25, -0.2) is 5.43 Å². The van der Waals surface area contributed by atoms with Gasteiger partial charge < -0.3 is 9.47 Å². The van der Waals surface area contributed by atoms with Gasteiger partial charge in [0, 0.05) is 4.47 Å². The fraction of sp³-hybridized carbons (Fsp3) is 0.250. The summed E-state index contributed by atoms with van der Waals surface area (Å²) in [6, 6.07) is 11.9. The zero-order chi connectivity index (χ0) is 14.8. The van der Waals surface area contributed by atoms with Crippen LogP contribution in [0.15, 0.2) is 40.9 Å². The summed E-state index contributed by atoms with van der Waals surface area (Å²) in [5, 5.41) is 0. The standard InChI is InChI=1S/C16H17BrN2O2/c1-10-12(3-2-4-13(10)17)16(19-18)11-5-6-14-15(9-11)21-8-7-20-14/h2-6,9,16,19H,7-8,18H2,1H3. The number of hydrogen-bond acceptors (Lipinski definition) is 4. The van der Waals surface area contributed by atoms with Crippen molar-refractivity contribution in [2.24, 2.45) is 5.84 Å². The molecule has 1 heterocycles. The van der Waals surface area contributed by atoms with E-state index in [1.807, 2.05) is 30.3 Å². The molecule has 3 N–H and O–H groups in total. The number of nitrogens with one attached hydrogen (secondary N) is 1. The monoisotopic (exact) mass is 348 g/mol. The van der Waals surface area contributed by atoms with Gasteiger partial charge in [0.25, 0.3) is 0 Å². The van der Waals surface area contributed by atoms with Crippen molar-refractivity contribution in [3.63, 3.8) is 0 Å². The molecule has 0 saturated carbocycles. The van der Waals surface area contributed by atoms with Gasteiger partial charge in [0.05, 0.1) is 6.04 Å². The lowest BCUT2D eigenvalue weighted by atomic mass is 9.95. The van der Waals surface area contributed by atoms with Gasteiger partial charge in [-0.1, -0.05) is 34.1 Å². The molecule has 1 atom stereocenters. The Labute approximate surface area is 132 Å². The Hall–Kier alpha value is -1.56. The maximum absolute atomic E-state index is 5.79. The zero-order valence-electron chi connectivity index (χ0n) is 11.7. The molecular formula is C16H17BrN2O2. The van der Waals surface area contributed by atoms with Gasteiger partial charge in [0.2, 0.25) is 0 Å². The minimum absolute atomic E-state index is 0.0988. The van der Waals surface area contributed by atoms with E-state index in [1.165, 1.54) is 0 Å². The summed E-state index contributed by atoms with van der Waals surface area (Å²) in [5.41, 5.74) is 6.23. The van der Waals surface area contributed by atoms with Crippen molar-refractivity contribution in [3.8, 4) is 11.5 Å². The summed E-state index contributed by atoms with van der Waals surface area (Å²) in [4.78, 5) is 0. The topological polar surface area (TPSA) is 56.5 Å². The summed E-state index contributed by atoms with van der Waals surface area (Å²) in [7, 11) is 0. The molecule has 110 valence electrons. The second-order valence-electron chi connectivity index (χ2n) is 4.96. The van der Waals surface area contributed by atoms with Gasteiger partial charge in [-0.05, 0) is 41.8 Å². The summed E-state index contributed by atoms with van der Waals surface area (Å²) >= 11 is 3.56. The third-order valence-electron chi connectivity index (χ3n) is 3.69. The number of nitrogens with two attached hydrogens (primary N) is 1. The Bertz CT molecular complexity index is 661. The molecule has 0 radical (unpaired) electrons. The van der Waals surface area contributed by atoms with Crippen molar-refractivity contribution in [1.29, 1.82) is 0 Å². The molecule has 0 bridgehead atoms. The molecular weight excluding hydrogens is 332 g/mol. The summed E-state index contributed by atoms with van der Waals surface area (Å²) in [5.74, 6) is 7.35. The second kappa shape index (κ2) is 6.05. The molecule has 0 aliphatic carbocycles. The predicted octanol–water partition coefficient (Wildman–Crippen LogP) is 3.08. The Balaban J connectivity index is 2.02. The number of hydrazine groups is 1. The number of hydrogen-bond donors (Lipinski definition) is 2. The number of rotatable bonds is 3. The first kappa shape index (κ1) is 14.4. The first-order chi connectivity index (χ1) is 10.2. The van der Waals surface area contributed by atoms with E-state index in [9.17, 15) is 0 Å². The highest BCUT2D eigenvalue weighted by atomic mass is 79.9. The third-order valence-corrected chi connectivity index (χ3v) is 4.55. The summed E-state index contributed by atoms with van der Waals surface area (Å²) in [6.07, 6.45) is 0. The molecule has 5 heteroatoms. The Kier molecular flexibility index (Phi) is 4.14. The van der Waals surface area contributed by atoms with Gasteiger partial charge in [0.1, 0.15) is 13.2 Å². The van der Waals surface area contributed by atoms with E-state index in [0.29, 0.717) is 13.2 Å². The molecule has 1 unspecified atom stereocenters. The SMILES string of the molecule is Cc1c(Br)cccc1C(NN)c1ccc2c(c1)OCCO2. The minimum Gasteiger partial charge on any atom is -0.486 e. The Morgan fingerprint density at radius 3 is 2.67 bits per heavy atom. The quantitative estimate of drug-likeness (QED) is 0.661. The molecule has 3 rings (SSSR count). The molecule has 1 aliphatic heterocycles. The van der Waals surface area contributed by atoms with Crippen LogP contribution in [0.25, 0.3) is 0 Å². The van der Waals surface area contributed by atoms with Gasteiger partial charge in [-0.3, -0.25) is 5.84 Å².